The van der Waals surface area contributed by atoms with Crippen LogP contribution in [0.1, 0.15) is 6.42 Å². The average molecular weight is 363 g/mol. The molecule has 0 bridgehead atoms. The fourth-order valence-corrected chi connectivity index (χ4v) is 2.52. The summed E-state index contributed by atoms with van der Waals surface area (Å²) in [5.41, 5.74) is 1.40. The number of rotatable bonds is 7. The Morgan fingerprint density at radius 2 is 2.00 bits per heavy atom. The van der Waals surface area contributed by atoms with Crippen molar-refractivity contribution in [3.05, 3.63) is 48.2 Å². The van der Waals surface area contributed by atoms with Crippen molar-refractivity contribution in [2.45, 2.75) is 12.5 Å². The van der Waals surface area contributed by atoms with Crippen molar-refractivity contribution in [1.29, 1.82) is 0 Å². The first kappa shape index (κ1) is 18.2. The number of aliphatic hydroxyl groups excluding tert-OH is 2. The molecule has 1 unspecified atom stereocenters. The van der Waals surface area contributed by atoms with Crippen molar-refractivity contribution in [2.75, 3.05) is 31.2 Å². The molecule has 138 valence electrons. The quantitative estimate of drug-likeness (QED) is 0.581. The second-order valence-electron chi connectivity index (χ2n) is 5.98. The summed E-state index contributed by atoms with van der Waals surface area (Å²) in [5, 5.41) is 21.8. The molecule has 0 aliphatic carbocycles. The predicted molar refractivity (Wildman–Crippen MR) is 92.9 cm³/mol. The highest BCUT2D eigenvalue weighted by Crippen LogP contribution is 2.27. The Morgan fingerprint density at radius 3 is 2.69 bits per heavy atom. The lowest BCUT2D eigenvalue weighted by Crippen LogP contribution is -2.48. The van der Waals surface area contributed by atoms with E-state index in [1.165, 1.54) is 18.3 Å². The van der Waals surface area contributed by atoms with E-state index in [1.807, 2.05) is 0 Å². The third kappa shape index (κ3) is 4.14. The van der Waals surface area contributed by atoms with Crippen molar-refractivity contribution >= 4 is 11.5 Å². The SMILES string of the molecule is OCC(O)CCON=C1CN(c2ncc(-c3ccccc3F)cc2F)C1. The van der Waals surface area contributed by atoms with E-state index >= 15 is 0 Å². The van der Waals surface area contributed by atoms with Crippen LogP contribution in [0.4, 0.5) is 14.6 Å². The first-order valence-electron chi connectivity index (χ1n) is 8.20. The number of pyridine rings is 1. The van der Waals surface area contributed by atoms with Gasteiger partial charge in [0.05, 0.1) is 31.5 Å². The first-order chi connectivity index (χ1) is 12.6. The predicted octanol–water partition coefficient (Wildman–Crippen LogP) is 1.96. The molecule has 6 nitrogen and oxygen atoms in total. The Balaban J connectivity index is 1.58. The minimum atomic E-state index is -0.820. The van der Waals surface area contributed by atoms with Crippen molar-refractivity contribution in [1.82, 2.24) is 4.98 Å². The van der Waals surface area contributed by atoms with Crippen molar-refractivity contribution in [3.63, 3.8) is 0 Å². The standard InChI is InChI=1S/C18H19F2N3O3/c19-16-4-2-1-3-15(16)12-7-17(20)18(21-8-12)23-9-13(10-23)22-26-6-5-14(25)11-24/h1-4,7-8,14,24-25H,5-6,9-11H2. The van der Waals surface area contributed by atoms with Gasteiger partial charge in [-0.3, -0.25) is 0 Å². The lowest BCUT2D eigenvalue weighted by molar-refractivity contribution is 0.0501. The summed E-state index contributed by atoms with van der Waals surface area (Å²) in [5.74, 6) is -0.778. The summed E-state index contributed by atoms with van der Waals surface area (Å²) in [6.07, 6.45) is 0.906. The summed E-state index contributed by atoms with van der Waals surface area (Å²) >= 11 is 0. The van der Waals surface area contributed by atoms with Crippen LogP contribution in [0.15, 0.2) is 41.7 Å². The molecular weight excluding hydrogens is 344 g/mol. The minimum Gasteiger partial charge on any atom is -0.396 e. The molecule has 0 radical (unpaired) electrons. The highest BCUT2D eigenvalue weighted by Gasteiger charge is 2.26. The van der Waals surface area contributed by atoms with Crippen LogP contribution >= 0.6 is 0 Å². The number of oxime groups is 1. The number of anilines is 1. The van der Waals surface area contributed by atoms with Crippen molar-refractivity contribution in [2.24, 2.45) is 5.16 Å². The molecular formula is C18H19F2N3O3. The van der Waals surface area contributed by atoms with E-state index in [1.54, 1.807) is 23.1 Å². The molecule has 3 rings (SSSR count). The van der Waals surface area contributed by atoms with Crippen LogP contribution in [0.3, 0.4) is 0 Å². The fourth-order valence-electron chi connectivity index (χ4n) is 2.52. The molecule has 1 aliphatic rings. The van der Waals surface area contributed by atoms with Crippen LogP contribution in [0, 0.1) is 11.6 Å². The van der Waals surface area contributed by atoms with Crippen molar-refractivity contribution < 1.29 is 23.8 Å². The number of hydrogen-bond acceptors (Lipinski definition) is 6. The number of nitrogens with zero attached hydrogens (tertiary/aromatic N) is 3. The Hall–Kier alpha value is -2.58. The van der Waals surface area contributed by atoms with Gasteiger partial charge in [0.1, 0.15) is 12.4 Å². The largest absolute Gasteiger partial charge is 0.396 e. The van der Waals surface area contributed by atoms with Crippen LogP contribution in [0.25, 0.3) is 11.1 Å². The third-order valence-electron chi connectivity index (χ3n) is 4.00. The molecule has 0 amide bonds. The van der Waals surface area contributed by atoms with E-state index in [2.05, 4.69) is 10.1 Å². The highest BCUT2D eigenvalue weighted by molar-refractivity contribution is 5.99. The number of aromatic nitrogens is 1. The Labute approximate surface area is 149 Å². The molecule has 26 heavy (non-hydrogen) atoms. The highest BCUT2D eigenvalue weighted by atomic mass is 19.1. The second kappa shape index (κ2) is 8.20. The molecule has 0 saturated carbocycles. The molecule has 0 spiro atoms. The second-order valence-corrected chi connectivity index (χ2v) is 5.98. The van der Waals surface area contributed by atoms with Gasteiger partial charge in [-0.25, -0.2) is 13.8 Å². The summed E-state index contributed by atoms with van der Waals surface area (Å²) in [6.45, 7) is 0.633. The summed E-state index contributed by atoms with van der Waals surface area (Å²) in [4.78, 5) is 10.8. The molecule has 1 aliphatic heterocycles. The summed E-state index contributed by atoms with van der Waals surface area (Å²) in [6, 6.07) is 7.42. The molecule has 1 aromatic carbocycles. The van der Waals surface area contributed by atoms with Gasteiger partial charge in [0.2, 0.25) is 0 Å². The van der Waals surface area contributed by atoms with Crippen LogP contribution < -0.4 is 4.90 Å². The normalized spacial score (nSPS) is 14.8. The van der Waals surface area contributed by atoms with Crippen LogP contribution in [-0.4, -0.2) is 53.3 Å². The molecule has 2 aromatic rings. The molecule has 1 fully saturated rings. The number of benzene rings is 1. The number of aliphatic hydroxyl groups is 2. The zero-order valence-corrected chi connectivity index (χ0v) is 14.0. The number of hydrogen-bond donors (Lipinski definition) is 2. The van der Waals surface area contributed by atoms with E-state index in [9.17, 15) is 13.9 Å². The van der Waals surface area contributed by atoms with Gasteiger partial charge in [0.25, 0.3) is 0 Å². The van der Waals surface area contributed by atoms with Gasteiger partial charge in [-0.05, 0) is 12.1 Å². The van der Waals surface area contributed by atoms with Gasteiger partial charge < -0.3 is 20.0 Å². The van der Waals surface area contributed by atoms with E-state index < -0.39 is 17.7 Å². The Morgan fingerprint density at radius 1 is 1.23 bits per heavy atom. The monoisotopic (exact) mass is 363 g/mol. The molecule has 1 atom stereocenters. The Kier molecular flexibility index (Phi) is 5.75. The topological polar surface area (TPSA) is 78.2 Å². The van der Waals surface area contributed by atoms with E-state index in [0.717, 1.165) is 5.71 Å². The van der Waals surface area contributed by atoms with Gasteiger partial charge >= 0.3 is 0 Å². The zero-order valence-electron chi connectivity index (χ0n) is 14.0. The fraction of sp³-hybridized carbons (Fsp3) is 0.333. The van der Waals surface area contributed by atoms with E-state index in [4.69, 9.17) is 9.94 Å². The van der Waals surface area contributed by atoms with Crippen molar-refractivity contribution in [3.8, 4) is 11.1 Å². The van der Waals surface area contributed by atoms with Gasteiger partial charge in [-0.2, -0.15) is 0 Å². The van der Waals surface area contributed by atoms with Gasteiger partial charge in [0, 0.05) is 23.7 Å². The maximum Gasteiger partial charge on any atom is 0.166 e. The van der Waals surface area contributed by atoms with Gasteiger partial charge in [-0.15, -0.1) is 0 Å². The van der Waals surface area contributed by atoms with Crippen LogP contribution in [0.5, 0.6) is 0 Å². The summed E-state index contributed by atoms with van der Waals surface area (Å²) in [7, 11) is 0. The molecule has 1 saturated heterocycles. The Bertz CT molecular complexity index is 793. The molecule has 1 aromatic heterocycles. The lowest BCUT2D eigenvalue weighted by Gasteiger charge is -2.33. The average Bonchev–Trinajstić information content (AvgIpc) is 2.61. The smallest absolute Gasteiger partial charge is 0.166 e. The maximum atomic E-state index is 14.4. The van der Waals surface area contributed by atoms with E-state index in [-0.39, 0.29) is 25.5 Å². The first-order valence-corrected chi connectivity index (χ1v) is 8.20. The van der Waals surface area contributed by atoms with Crippen LogP contribution in [0.2, 0.25) is 0 Å². The molecule has 2 N–H and O–H groups in total. The zero-order chi connectivity index (χ0) is 18.5. The molecule has 8 heteroatoms. The van der Waals surface area contributed by atoms with Gasteiger partial charge in [-0.1, -0.05) is 23.4 Å². The number of halogens is 2. The van der Waals surface area contributed by atoms with Gasteiger partial charge in [0.15, 0.2) is 11.6 Å². The summed E-state index contributed by atoms with van der Waals surface area (Å²) < 4.78 is 28.1. The van der Waals surface area contributed by atoms with E-state index in [0.29, 0.717) is 24.2 Å². The molecule has 2 heterocycles. The van der Waals surface area contributed by atoms with Crippen LogP contribution in [-0.2, 0) is 4.84 Å². The minimum absolute atomic E-state index is 0.180. The lowest BCUT2D eigenvalue weighted by atomic mass is 10.1. The maximum absolute atomic E-state index is 14.4. The third-order valence-corrected chi connectivity index (χ3v) is 4.00.